The van der Waals surface area contributed by atoms with Gasteiger partial charge >= 0.3 is 0 Å². The van der Waals surface area contributed by atoms with Gasteiger partial charge in [-0.1, -0.05) is 6.58 Å². The van der Waals surface area contributed by atoms with Crippen LogP contribution in [0.2, 0.25) is 0 Å². The van der Waals surface area contributed by atoms with Crippen LogP contribution in [0.4, 0.5) is 0 Å². The standard InChI is InChI=1S/C13H15NO2/c1-4-15-11-6-7-13(16-5-2)12(8-11)10(3)9-14/h6-8H,3-5H2,1-2H3. The molecule has 0 aliphatic rings. The van der Waals surface area contributed by atoms with Crippen molar-refractivity contribution in [1.29, 1.82) is 5.26 Å². The van der Waals surface area contributed by atoms with Gasteiger partial charge in [0, 0.05) is 5.56 Å². The Balaban J connectivity index is 3.11. The zero-order valence-electron chi connectivity index (χ0n) is 9.62. The van der Waals surface area contributed by atoms with E-state index in [4.69, 9.17) is 14.7 Å². The van der Waals surface area contributed by atoms with Crippen molar-refractivity contribution in [2.45, 2.75) is 13.8 Å². The number of allylic oxidation sites excluding steroid dienone is 1. The van der Waals surface area contributed by atoms with Crippen LogP contribution in [0.1, 0.15) is 19.4 Å². The molecule has 0 aromatic heterocycles. The largest absolute Gasteiger partial charge is 0.494 e. The van der Waals surface area contributed by atoms with Gasteiger partial charge in [-0.15, -0.1) is 0 Å². The molecule has 1 aromatic carbocycles. The van der Waals surface area contributed by atoms with E-state index in [1.807, 2.05) is 26.0 Å². The van der Waals surface area contributed by atoms with Crippen LogP contribution in [0.25, 0.3) is 5.57 Å². The van der Waals surface area contributed by atoms with Crippen LogP contribution in [0.15, 0.2) is 24.8 Å². The summed E-state index contributed by atoms with van der Waals surface area (Å²) >= 11 is 0. The van der Waals surface area contributed by atoms with E-state index in [0.29, 0.717) is 30.1 Å². The smallest absolute Gasteiger partial charge is 0.128 e. The minimum atomic E-state index is 0.380. The van der Waals surface area contributed by atoms with E-state index in [0.717, 1.165) is 5.75 Å². The number of hydrogen-bond donors (Lipinski definition) is 0. The molecule has 84 valence electrons. The molecule has 3 heteroatoms. The SMILES string of the molecule is C=C(C#N)c1cc(OCC)ccc1OCC. The fourth-order valence-electron chi connectivity index (χ4n) is 1.34. The third-order valence-electron chi connectivity index (χ3n) is 2.02. The molecule has 0 aliphatic heterocycles. The van der Waals surface area contributed by atoms with E-state index in [2.05, 4.69) is 6.58 Å². The molecule has 0 saturated carbocycles. The Morgan fingerprint density at radius 2 is 2.00 bits per heavy atom. The van der Waals surface area contributed by atoms with Gasteiger partial charge in [0.15, 0.2) is 0 Å². The third kappa shape index (κ3) is 2.77. The number of nitriles is 1. The molecule has 0 atom stereocenters. The van der Waals surface area contributed by atoms with Crippen molar-refractivity contribution in [3.63, 3.8) is 0 Å². The van der Waals surface area contributed by atoms with Gasteiger partial charge in [-0.05, 0) is 32.0 Å². The summed E-state index contributed by atoms with van der Waals surface area (Å²) < 4.78 is 10.8. The van der Waals surface area contributed by atoms with E-state index in [9.17, 15) is 0 Å². The highest BCUT2D eigenvalue weighted by molar-refractivity contribution is 5.79. The fourth-order valence-corrected chi connectivity index (χ4v) is 1.34. The van der Waals surface area contributed by atoms with E-state index in [1.54, 1.807) is 12.1 Å². The van der Waals surface area contributed by atoms with Gasteiger partial charge in [0.05, 0.1) is 24.9 Å². The molecular formula is C13H15NO2. The molecule has 0 aliphatic carbocycles. The number of rotatable bonds is 5. The van der Waals surface area contributed by atoms with Crippen LogP contribution >= 0.6 is 0 Å². The highest BCUT2D eigenvalue weighted by Gasteiger charge is 2.08. The van der Waals surface area contributed by atoms with Crippen LogP contribution in [0, 0.1) is 11.3 Å². The van der Waals surface area contributed by atoms with Gasteiger partial charge in [-0.25, -0.2) is 0 Å². The Morgan fingerprint density at radius 1 is 1.31 bits per heavy atom. The van der Waals surface area contributed by atoms with Crippen LogP contribution in [-0.2, 0) is 0 Å². The van der Waals surface area contributed by atoms with Crippen molar-refractivity contribution in [2.24, 2.45) is 0 Å². The lowest BCUT2D eigenvalue weighted by atomic mass is 10.1. The summed E-state index contributed by atoms with van der Waals surface area (Å²) in [6.07, 6.45) is 0. The summed E-state index contributed by atoms with van der Waals surface area (Å²) in [5.74, 6) is 1.38. The van der Waals surface area contributed by atoms with Gasteiger partial charge < -0.3 is 9.47 Å². The molecule has 0 unspecified atom stereocenters. The second kappa shape index (κ2) is 5.82. The zero-order valence-corrected chi connectivity index (χ0v) is 9.62. The molecule has 0 radical (unpaired) electrons. The molecule has 0 fully saturated rings. The van der Waals surface area contributed by atoms with Crippen molar-refractivity contribution >= 4 is 5.57 Å². The lowest BCUT2D eigenvalue weighted by Crippen LogP contribution is -1.97. The highest BCUT2D eigenvalue weighted by Crippen LogP contribution is 2.29. The maximum absolute atomic E-state index is 8.86. The second-order valence-electron chi connectivity index (χ2n) is 3.11. The molecule has 0 N–H and O–H groups in total. The van der Waals surface area contributed by atoms with E-state index in [-0.39, 0.29) is 0 Å². The molecule has 1 aromatic rings. The Bertz CT molecular complexity index is 418. The lowest BCUT2D eigenvalue weighted by molar-refractivity contribution is 0.330. The van der Waals surface area contributed by atoms with Gasteiger partial charge in [0.1, 0.15) is 11.5 Å². The maximum Gasteiger partial charge on any atom is 0.128 e. The first-order chi connectivity index (χ1) is 7.72. The Kier molecular flexibility index (Phi) is 4.41. The number of hydrogen-bond acceptors (Lipinski definition) is 3. The first-order valence-corrected chi connectivity index (χ1v) is 5.22. The minimum absolute atomic E-state index is 0.380. The van der Waals surface area contributed by atoms with Crippen molar-refractivity contribution in [3.05, 3.63) is 30.3 Å². The van der Waals surface area contributed by atoms with Crippen LogP contribution in [0.3, 0.4) is 0 Å². The summed E-state index contributed by atoms with van der Waals surface area (Å²) in [7, 11) is 0. The molecule has 0 heterocycles. The molecule has 0 spiro atoms. The maximum atomic E-state index is 8.86. The molecular weight excluding hydrogens is 202 g/mol. The second-order valence-corrected chi connectivity index (χ2v) is 3.11. The van der Waals surface area contributed by atoms with Gasteiger partial charge in [0.2, 0.25) is 0 Å². The first kappa shape index (κ1) is 12.1. The van der Waals surface area contributed by atoms with E-state index >= 15 is 0 Å². The molecule has 0 saturated heterocycles. The highest BCUT2D eigenvalue weighted by atomic mass is 16.5. The van der Waals surface area contributed by atoms with Crippen LogP contribution in [-0.4, -0.2) is 13.2 Å². The summed E-state index contributed by atoms with van der Waals surface area (Å²) in [6.45, 7) is 8.65. The zero-order chi connectivity index (χ0) is 12.0. The average molecular weight is 217 g/mol. The van der Waals surface area contributed by atoms with Gasteiger partial charge in [-0.2, -0.15) is 5.26 Å². The predicted molar refractivity (Wildman–Crippen MR) is 63.4 cm³/mol. The predicted octanol–water partition coefficient (Wildman–Crippen LogP) is 3.02. The van der Waals surface area contributed by atoms with E-state index in [1.165, 1.54) is 0 Å². The Hall–Kier alpha value is -1.95. The summed E-state index contributed by atoms with van der Waals surface area (Å²) in [6, 6.07) is 7.42. The van der Waals surface area contributed by atoms with E-state index < -0.39 is 0 Å². The molecule has 1 rings (SSSR count). The summed E-state index contributed by atoms with van der Waals surface area (Å²) in [4.78, 5) is 0. The minimum Gasteiger partial charge on any atom is -0.494 e. The van der Waals surface area contributed by atoms with Crippen LogP contribution < -0.4 is 9.47 Å². The van der Waals surface area contributed by atoms with Gasteiger partial charge in [0.25, 0.3) is 0 Å². The topological polar surface area (TPSA) is 42.2 Å². The molecule has 0 amide bonds. The van der Waals surface area contributed by atoms with Gasteiger partial charge in [-0.3, -0.25) is 0 Å². The quantitative estimate of drug-likeness (QED) is 0.712. The number of benzene rings is 1. The van der Waals surface area contributed by atoms with Crippen molar-refractivity contribution in [1.82, 2.24) is 0 Å². The van der Waals surface area contributed by atoms with Crippen molar-refractivity contribution in [3.8, 4) is 17.6 Å². The monoisotopic (exact) mass is 217 g/mol. The average Bonchev–Trinajstić information content (AvgIpc) is 2.31. The number of ether oxygens (including phenoxy) is 2. The number of nitrogens with zero attached hydrogens (tertiary/aromatic N) is 1. The summed E-state index contributed by atoms with van der Waals surface area (Å²) in [5, 5.41) is 8.86. The molecule has 16 heavy (non-hydrogen) atoms. The summed E-state index contributed by atoms with van der Waals surface area (Å²) in [5.41, 5.74) is 1.07. The fraction of sp³-hybridized carbons (Fsp3) is 0.308. The van der Waals surface area contributed by atoms with Crippen LogP contribution in [0.5, 0.6) is 11.5 Å². The first-order valence-electron chi connectivity index (χ1n) is 5.22. The lowest BCUT2D eigenvalue weighted by Gasteiger charge is -2.11. The van der Waals surface area contributed by atoms with Crippen molar-refractivity contribution < 1.29 is 9.47 Å². The Morgan fingerprint density at radius 3 is 2.56 bits per heavy atom. The Labute approximate surface area is 95.9 Å². The van der Waals surface area contributed by atoms with Crippen molar-refractivity contribution in [2.75, 3.05) is 13.2 Å². The third-order valence-corrected chi connectivity index (χ3v) is 2.02. The normalized spacial score (nSPS) is 9.31. The molecule has 0 bridgehead atoms. The molecule has 3 nitrogen and oxygen atoms in total.